The highest BCUT2D eigenvalue weighted by Crippen LogP contribution is 2.32. The summed E-state index contributed by atoms with van der Waals surface area (Å²) >= 11 is 11.7. The zero-order valence-electron chi connectivity index (χ0n) is 7.42. The molecular weight excluding hydrogens is 223 g/mol. The normalized spacial score (nSPS) is 11.9. The van der Waals surface area contributed by atoms with Crippen LogP contribution in [0.1, 0.15) is 11.6 Å². The van der Waals surface area contributed by atoms with Gasteiger partial charge >= 0.3 is 0 Å². The van der Waals surface area contributed by atoms with Crippen LogP contribution in [0.4, 0.5) is 0 Å². The maximum atomic E-state index is 8.64. The van der Waals surface area contributed by atoms with Crippen molar-refractivity contribution in [2.24, 2.45) is 5.73 Å². The number of ether oxygens (including phenoxy) is 1. The first kappa shape index (κ1) is 11.1. The summed E-state index contributed by atoms with van der Waals surface area (Å²) in [5.41, 5.74) is 6.03. The number of benzene rings is 1. The fourth-order valence-electron chi connectivity index (χ4n) is 1.01. The fourth-order valence-corrected chi connectivity index (χ4v) is 1.59. The molecule has 1 rings (SSSR count). The highest BCUT2D eigenvalue weighted by Gasteiger charge is 2.13. The molecule has 0 amide bonds. The molecule has 0 radical (unpaired) electrons. The molecule has 0 bridgehead atoms. The van der Waals surface area contributed by atoms with E-state index >= 15 is 0 Å². The van der Waals surface area contributed by atoms with Crippen LogP contribution in [-0.4, -0.2) is 7.11 Å². The molecule has 0 heterocycles. The molecule has 14 heavy (non-hydrogen) atoms. The molecule has 0 aliphatic rings. The van der Waals surface area contributed by atoms with Gasteiger partial charge in [-0.1, -0.05) is 23.2 Å². The Labute approximate surface area is 92.0 Å². The van der Waals surface area contributed by atoms with Crippen LogP contribution in [0, 0.1) is 11.3 Å². The molecule has 1 aromatic rings. The molecular formula is C9H8Cl2N2O. The van der Waals surface area contributed by atoms with Crippen LogP contribution in [0.3, 0.4) is 0 Å². The zero-order valence-corrected chi connectivity index (χ0v) is 8.93. The molecule has 0 aliphatic carbocycles. The second-order valence-electron chi connectivity index (χ2n) is 2.62. The molecule has 0 saturated carbocycles. The number of hydrogen-bond donors (Lipinski definition) is 1. The van der Waals surface area contributed by atoms with Crippen LogP contribution in [0.2, 0.25) is 10.0 Å². The second kappa shape index (κ2) is 4.52. The number of methoxy groups -OCH3 is 1. The predicted octanol–water partition coefficient (Wildman–Crippen LogP) is 2.53. The Morgan fingerprint density at radius 1 is 1.43 bits per heavy atom. The van der Waals surface area contributed by atoms with Crippen LogP contribution in [-0.2, 0) is 0 Å². The van der Waals surface area contributed by atoms with Gasteiger partial charge in [0.2, 0.25) is 0 Å². The van der Waals surface area contributed by atoms with Crippen LogP contribution in [0.5, 0.6) is 5.75 Å². The van der Waals surface area contributed by atoms with Crippen LogP contribution < -0.4 is 10.5 Å². The molecule has 2 N–H and O–H groups in total. The van der Waals surface area contributed by atoms with E-state index in [1.807, 2.05) is 6.07 Å². The molecule has 0 fully saturated rings. The molecule has 5 heteroatoms. The summed E-state index contributed by atoms with van der Waals surface area (Å²) in [6.07, 6.45) is 0. The minimum absolute atomic E-state index is 0.366. The van der Waals surface area contributed by atoms with Crippen molar-refractivity contribution in [2.75, 3.05) is 7.11 Å². The summed E-state index contributed by atoms with van der Waals surface area (Å²) < 4.78 is 4.98. The van der Waals surface area contributed by atoms with Crippen molar-refractivity contribution >= 4 is 23.2 Å². The summed E-state index contributed by atoms with van der Waals surface area (Å²) in [7, 11) is 1.48. The van der Waals surface area contributed by atoms with Gasteiger partial charge in [0.05, 0.1) is 18.2 Å². The average Bonchev–Trinajstić information content (AvgIpc) is 2.17. The van der Waals surface area contributed by atoms with Gasteiger partial charge in [0, 0.05) is 10.6 Å². The molecule has 74 valence electrons. The van der Waals surface area contributed by atoms with E-state index in [0.29, 0.717) is 21.4 Å². The lowest BCUT2D eigenvalue weighted by Gasteiger charge is -2.09. The van der Waals surface area contributed by atoms with E-state index in [-0.39, 0.29) is 0 Å². The number of hydrogen-bond acceptors (Lipinski definition) is 3. The first-order valence-electron chi connectivity index (χ1n) is 3.78. The van der Waals surface area contributed by atoms with Crippen molar-refractivity contribution in [3.8, 4) is 11.8 Å². The molecule has 0 saturated heterocycles. The third-order valence-electron chi connectivity index (χ3n) is 1.75. The fraction of sp³-hybridized carbons (Fsp3) is 0.222. The third kappa shape index (κ3) is 2.10. The number of nitrogens with zero attached hydrogens (tertiary/aromatic N) is 1. The first-order valence-corrected chi connectivity index (χ1v) is 4.54. The average molecular weight is 231 g/mol. The summed E-state index contributed by atoms with van der Waals surface area (Å²) in [4.78, 5) is 0. The Morgan fingerprint density at radius 2 is 2.07 bits per heavy atom. The number of rotatable bonds is 2. The van der Waals surface area contributed by atoms with Gasteiger partial charge in [-0.3, -0.25) is 0 Å². The maximum Gasteiger partial charge on any atom is 0.137 e. The SMILES string of the molecule is COc1cc(C(N)C#N)c(Cl)cc1Cl. The van der Waals surface area contributed by atoms with E-state index < -0.39 is 6.04 Å². The lowest BCUT2D eigenvalue weighted by Crippen LogP contribution is -2.08. The summed E-state index contributed by atoms with van der Waals surface area (Å²) in [6, 6.07) is 4.19. The molecule has 1 aromatic carbocycles. The lowest BCUT2D eigenvalue weighted by molar-refractivity contribution is 0.414. The molecule has 1 unspecified atom stereocenters. The molecule has 3 nitrogen and oxygen atoms in total. The minimum atomic E-state index is -0.770. The van der Waals surface area contributed by atoms with E-state index in [1.54, 1.807) is 6.07 Å². The van der Waals surface area contributed by atoms with Gasteiger partial charge < -0.3 is 10.5 Å². The van der Waals surface area contributed by atoms with Crippen molar-refractivity contribution in [3.63, 3.8) is 0 Å². The minimum Gasteiger partial charge on any atom is -0.495 e. The van der Waals surface area contributed by atoms with Crippen molar-refractivity contribution in [1.82, 2.24) is 0 Å². The highest BCUT2D eigenvalue weighted by atomic mass is 35.5. The van der Waals surface area contributed by atoms with Crippen molar-refractivity contribution in [2.45, 2.75) is 6.04 Å². The van der Waals surface area contributed by atoms with E-state index in [4.69, 9.17) is 38.9 Å². The second-order valence-corrected chi connectivity index (χ2v) is 3.43. The van der Waals surface area contributed by atoms with Gasteiger partial charge in [-0.25, -0.2) is 0 Å². The Bertz CT molecular complexity index is 387. The maximum absolute atomic E-state index is 8.64. The van der Waals surface area contributed by atoms with Crippen LogP contribution in [0.15, 0.2) is 12.1 Å². The largest absolute Gasteiger partial charge is 0.495 e. The Hall–Kier alpha value is -0.950. The molecule has 0 aromatic heterocycles. The van der Waals surface area contributed by atoms with E-state index in [9.17, 15) is 0 Å². The molecule has 1 atom stereocenters. The number of halogens is 2. The topological polar surface area (TPSA) is 59.0 Å². The highest BCUT2D eigenvalue weighted by molar-refractivity contribution is 6.36. The third-order valence-corrected chi connectivity index (χ3v) is 2.37. The Morgan fingerprint density at radius 3 is 2.57 bits per heavy atom. The summed E-state index contributed by atoms with van der Waals surface area (Å²) in [5.74, 6) is 0.455. The first-order chi connectivity index (χ1) is 6.60. The molecule has 0 spiro atoms. The predicted molar refractivity (Wildman–Crippen MR) is 55.6 cm³/mol. The Kier molecular flexibility index (Phi) is 3.59. The van der Waals surface area contributed by atoms with Gasteiger partial charge in [0.15, 0.2) is 0 Å². The van der Waals surface area contributed by atoms with Crippen molar-refractivity contribution < 1.29 is 4.74 Å². The summed E-state index contributed by atoms with van der Waals surface area (Å²) in [6.45, 7) is 0. The van der Waals surface area contributed by atoms with Crippen LogP contribution in [0.25, 0.3) is 0 Å². The van der Waals surface area contributed by atoms with Gasteiger partial charge in [-0.15, -0.1) is 0 Å². The van der Waals surface area contributed by atoms with E-state index in [2.05, 4.69) is 0 Å². The van der Waals surface area contributed by atoms with E-state index in [0.717, 1.165) is 0 Å². The van der Waals surface area contributed by atoms with Crippen LogP contribution >= 0.6 is 23.2 Å². The standard InChI is InChI=1S/C9H8Cl2N2O/c1-14-9-2-5(8(13)4-12)6(10)3-7(9)11/h2-3,8H,13H2,1H3. The quantitative estimate of drug-likeness (QED) is 0.850. The van der Waals surface area contributed by atoms with Crippen molar-refractivity contribution in [3.05, 3.63) is 27.7 Å². The Balaban J connectivity index is 3.25. The number of nitriles is 1. The monoisotopic (exact) mass is 230 g/mol. The molecule has 0 aliphatic heterocycles. The van der Waals surface area contributed by atoms with Gasteiger partial charge in [0.25, 0.3) is 0 Å². The number of nitrogens with two attached hydrogens (primary N) is 1. The van der Waals surface area contributed by atoms with E-state index in [1.165, 1.54) is 13.2 Å². The van der Waals surface area contributed by atoms with Gasteiger partial charge in [-0.2, -0.15) is 5.26 Å². The summed E-state index contributed by atoms with van der Waals surface area (Å²) in [5, 5.41) is 9.40. The zero-order chi connectivity index (χ0) is 10.7. The smallest absolute Gasteiger partial charge is 0.137 e. The van der Waals surface area contributed by atoms with Gasteiger partial charge in [0.1, 0.15) is 11.8 Å². The lowest BCUT2D eigenvalue weighted by atomic mass is 10.1. The van der Waals surface area contributed by atoms with Gasteiger partial charge in [-0.05, 0) is 12.1 Å². The van der Waals surface area contributed by atoms with Crippen molar-refractivity contribution in [1.29, 1.82) is 5.26 Å².